The lowest BCUT2D eigenvalue weighted by Crippen LogP contribution is -2.57. The molecule has 7 nitrogen and oxygen atoms in total. The Bertz CT molecular complexity index is 558. The fourth-order valence-corrected chi connectivity index (χ4v) is 1.41. The molecule has 0 aliphatic carbocycles. The van der Waals surface area contributed by atoms with Gasteiger partial charge in [0.1, 0.15) is 5.69 Å². The number of rotatable bonds is 6. The molecule has 1 heterocycles. The molecular formula is C14H23N3O4. The van der Waals surface area contributed by atoms with Gasteiger partial charge in [0, 0.05) is 13.2 Å². The van der Waals surface area contributed by atoms with Gasteiger partial charge in [-0.1, -0.05) is 0 Å². The Morgan fingerprint density at radius 1 is 1.38 bits per heavy atom. The van der Waals surface area contributed by atoms with Crippen LogP contribution in [0.15, 0.2) is 16.9 Å². The number of nitrogens with zero attached hydrogens (tertiary/aromatic N) is 2. The molecule has 1 aromatic rings. The van der Waals surface area contributed by atoms with E-state index in [1.54, 1.807) is 27.7 Å². The second-order valence-electron chi connectivity index (χ2n) is 5.91. The van der Waals surface area contributed by atoms with Crippen molar-refractivity contribution in [1.82, 2.24) is 15.1 Å². The highest BCUT2D eigenvalue weighted by Gasteiger charge is 2.36. The third-order valence-electron chi connectivity index (χ3n) is 3.56. The van der Waals surface area contributed by atoms with Gasteiger partial charge >= 0.3 is 0 Å². The molecule has 0 saturated heterocycles. The Hall–Kier alpha value is -1.73. The molecule has 0 atom stereocenters. The van der Waals surface area contributed by atoms with Crippen molar-refractivity contribution < 1.29 is 14.6 Å². The number of hydrogen-bond donors (Lipinski definition) is 2. The van der Waals surface area contributed by atoms with Gasteiger partial charge in [-0.25, -0.2) is 4.68 Å². The summed E-state index contributed by atoms with van der Waals surface area (Å²) in [5.74, 6) is -0.451. The summed E-state index contributed by atoms with van der Waals surface area (Å²) in [4.78, 5) is 23.8. The zero-order valence-electron chi connectivity index (χ0n) is 13.1. The highest BCUT2D eigenvalue weighted by atomic mass is 16.5. The normalized spacial score (nSPS) is 12.3. The van der Waals surface area contributed by atoms with Gasteiger partial charge in [0.15, 0.2) is 0 Å². The van der Waals surface area contributed by atoms with Crippen molar-refractivity contribution in [1.29, 1.82) is 0 Å². The minimum absolute atomic E-state index is 0.114. The number of amides is 1. The summed E-state index contributed by atoms with van der Waals surface area (Å²) >= 11 is 0. The quantitative estimate of drug-likeness (QED) is 0.780. The van der Waals surface area contributed by atoms with Gasteiger partial charge in [0.25, 0.3) is 11.5 Å². The average molecular weight is 297 g/mol. The van der Waals surface area contributed by atoms with E-state index < -0.39 is 17.0 Å². The lowest BCUT2D eigenvalue weighted by atomic mass is 9.86. The molecule has 0 fully saturated rings. The van der Waals surface area contributed by atoms with E-state index in [9.17, 15) is 14.7 Å². The number of nitrogens with one attached hydrogen (secondary N) is 1. The monoisotopic (exact) mass is 297 g/mol. The summed E-state index contributed by atoms with van der Waals surface area (Å²) in [6.45, 7) is 7.25. The minimum Gasteiger partial charge on any atom is -0.388 e. The maximum Gasteiger partial charge on any atom is 0.272 e. The lowest BCUT2D eigenvalue weighted by molar-refractivity contribution is -0.00307. The summed E-state index contributed by atoms with van der Waals surface area (Å²) < 4.78 is 6.07. The maximum atomic E-state index is 12.2. The van der Waals surface area contributed by atoms with Crippen molar-refractivity contribution in [3.8, 4) is 0 Å². The number of hydrogen-bond acceptors (Lipinski definition) is 5. The Kier molecular flexibility index (Phi) is 5.25. The van der Waals surface area contributed by atoms with Crippen molar-refractivity contribution in [2.24, 2.45) is 0 Å². The van der Waals surface area contributed by atoms with Crippen LogP contribution in [0.2, 0.25) is 0 Å². The fraction of sp³-hybridized carbons (Fsp3) is 0.643. The molecule has 0 bridgehead atoms. The molecule has 1 aromatic heterocycles. The van der Waals surface area contributed by atoms with Crippen LogP contribution < -0.4 is 10.9 Å². The summed E-state index contributed by atoms with van der Waals surface area (Å²) in [7, 11) is 1.52. The van der Waals surface area contributed by atoms with E-state index in [-0.39, 0.29) is 17.8 Å². The van der Waals surface area contributed by atoms with Crippen LogP contribution in [0.3, 0.4) is 0 Å². The first-order valence-electron chi connectivity index (χ1n) is 6.70. The molecule has 0 aliphatic heterocycles. The summed E-state index contributed by atoms with van der Waals surface area (Å²) in [5, 5.41) is 16.8. The van der Waals surface area contributed by atoms with Gasteiger partial charge in [0.2, 0.25) is 0 Å². The Balaban J connectivity index is 2.96. The first kappa shape index (κ1) is 17.3. The molecule has 0 radical (unpaired) electrons. The highest BCUT2D eigenvalue weighted by Crippen LogP contribution is 2.20. The van der Waals surface area contributed by atoms with E-state index in [4.69, 9.17) is 4.74 Å². The first-order valence-corrected chi connectivity index (χ1v) is 6.70. The van der Waals surface area contributed by atoms with Crippen LogP contribution in [-0.4, -0.2) is 45.7 Å². The minimum atomic E-state index is -1.10. The van der Waals surface area contributed by atoms with Gasteiger partial charge in [-0.3, -0.25) is 9.59 Å². The second kappa shape index (κ2) is 6.36. The predicted molar refractivity (Wildman–Crippen MR) is 78.2 cm³/mol. The molecule has 0 aliphatic rings. The van der Waals surface area contributed by atoms with Gasteiger partial charge in [-0.05, 0) is 33.8 Å². The van der Waals surface area contributed by atoms with Crippen LogP contribution in [0.5, 0.6) is 0 Å². The van der Waals surface area contributed by atoms with E-state index in [0.717, 1.165) is 0 Å². The molecule has 2 N–H and O–H groups in total. The number of carbonyl (C=O) groups is 1. The number of methoxy groups -OCH3 is 1. The van der Waals surface area contributed by atoms with Crippen LogP contribution in [0, 0.1) is 0 Å². The van der Waals surface area contributed by atoms with Crippen molar-refractivity contribution in [3.63, 3.8) is 0 Å². The molecule has 7 heteroatoms. The molecule has 1 amide bonds. The third kappa shape index (κ3) is 4.37. The van der Waals surface area contributed by atoms with Crippen molar-refractivity contribution in [3.05, 3.63) is 28.2 Å². The first-order chi connectivity index (χ1) is 9.58. The van der Waals surface area contributed by atoms with Crippen molar-refractivity contribution >= 4 is 5.91 Å². The molecule has 0 saturated carbocycles. The van der Waals surface area contributed by atoms with E-state index in [1.807, 2.05) is 0 Å². The number of carbonyl (C=O) groups excluding carboxylic acids is 1. The average Bonchev–Trinajstić information content (AvgIpc) is 2.35. The Morgan fingerprint density at radius 3 is 2.52 bits per heavy atom. The maximum absolute atomic E-state index is 12.2. The zero-order valence-corrected chi connectivity index (χ0v) is 13.1. The molecule has 118 valence electrons. The molecule has 1 rings (SSSR count). The SMILES string of the molecule is COCCn1nc(C(=O)NC(C)(C)C(C)(C)O)ccc1=O. The predicted octanol–water partition coefficient (Wildman–Crippen LogP) is 0.169. The molecular weight excluding hydrogens is 274 g/mol. The van der Waals surface area contributed by atoms with E-state index in [0.29, 0.717) is 6.61 Å². The summed E-state index contributed by atoms with van der Waals surface area (Å²) in [6.07, 6.45) is 0. The smallest absolute Gasteiger partial charge is 0.272 e. The Morgan fingerprint density at radius 2 is 2.00 bits per heavy atom. The lowest BCUT2D eigenvalue weighted by Gasteiger charge is -2.37. The number of aliphatic hydroxyl groups is 1. The standard InChI is InChI=1S/C14H23N3O4/c1-13(2,14(3,4)20)15-12(19)10-6-7-11(18)17(16-10)8-9-21-5/h6-7,20H,8-9H2,1-5H3,(H,15,19). The summed E-state index contributed by atoms with van der Waals surface area (Å²) in [6, 6.07) is 2.65. The highest BCUT2D eigenvalue weighted by molar-refractivity contribution is 5.92. The van der Waals surface area contributed by atoms with Crippen LogP contribution in [0.1, 0.15) is 38.2 Å². The van der Waals surface area contributed by atoms with E-state index >= 15 is 0 Å². The van der Waals surface area contributed by atoms with E-state index in [1.165, 1.54) is 23.9 Å². The summed E-state index contributed by atoms with van der Waals surface area (Å²) in [5.41, 5.74) is -2.14. The van der Waals surface area contributed by atoms with Crippen LogP contribution >= 0.6 is 0 Å². The Labute approximate surface area is 123 Å². The molecule has 0 aromatic carbocycles. The zero-order chi connectivity index (χ0) is 16.3. The van der Waals surface area contributed by atoms with Gasteiger partial charge in [0.05, 0.1) is 24.3 Å². The molecule has 0 unspecified atom stereocenters. The van der Waals surface area contributed by atoms with Crippen molar-refractivity contribution in [2.45, 2.75) is 45.4 Å². The second-order valence-corrected chi connectivity index (χ2v) is 5.91. The molecule has 21 heavy (non-hydrogen) atoms. The van der Waals surface area contributed by atoms with Crippen molar-refractivity contribution in [2.75, 3.05) is 13.7 Å². The van der Waals surface area contributed by atoms with Gasteiger partial charge in [-0.2, -0.15) is 5.10 Å². The fourth-order valence-electron chi connectivity index (χ4n) is 1.41. The molecule has 0 spiro atoms. The number of ether oxygens (including phenoxy) is 1. The van der Waals surface area contributed by atoms with E-state index in [2.05, 4.69) is 10.4 Å². The topological polar surface area (TPSA) is 93.5 Å². The van der Waals surface area contributed by atoms with Crippen LogP contribution in [-0.2, 0) is 11.3 Å². The van der Waals surface area contributed by atoms with Crippen LogP contribution in [0.4, 0.5) is 0 Å². The third-order valence-corrected chi connectivity index (χ3v) is 3.56. The number of aromatic nitrogens is 2. The van der Waals surface area contributed by atoms with Gasteiger partial charge in [-0.15, -0.1) is 0 Å². The van der Waals surface area contributed by atoms with Crippen LogP contribution in [0.25, 0.3) is 0 Å². The largest absolute Gasteiger partial charge is 0.388 e. The van der Waals surface area contributed by atoms with Gasteiger partial charge < -0.3 is 15.2 Å².